The number of nitrogens with one attached hydrogen (secondary N) is 1. The van der Waals surface area contributed by atoms with Crippen molar-refractivity contribution in [1.82, 2.24) is 9.78 Å². The van der Waals surface area contributed by atoms with E-state index in [4.69, 9.17) is 15.6 Å². The lowest BCUT2D eigenvalue weighted by molar-refractivity contribution is -0.116. The van der Waals surface area contributed by atoms with Crippen molar-refractivity contribution in [1.29, 1.82) is 0 Å². The quantitative estimate of drug-likeness (QED) is 0.569. The molecule has 0 atom stereocenters. The van der Waals surface area contributed by atoms with Gasteiger partial charge in [0.05, 0.1) is 23.6 Å². The average molecular weight is 394 g/mol. The molecule has 10 nitrogen and oxygen atoms in total. The van der Waals surface area contributed by atoms with Gasteiger partial charge >= 0.3 is 11.9 Å². The normalized spacial score (nSPS) is 10.4. The maximum absolute atomic E-state index is 12.3. The molecule has 0 radical (unpaired) electrons. The summed E-state index contributed by atoms with van der Waals surface area (Å²) >= 11 is 0.884. The van der Waals surface area contributed by atoms with E-state index in [2.05, 4.69) is 10.4 Å². The molecule has 0 spiro atoms. The molecule has 0 saturated heterocycles. The standard InChI is InChI=1S/C16H18N4O6S/c1-3-26-16(25)11-8(2)12(13(17)22)27-14(11)19-10(21)5-7-20-9(15(23)24)4-6-18-20/h4,6H,3,5,7H2,1-2H3,(H2,17,22)(H,19,21)(H,23,24). The van der Waals surface area contributed by atoms with Crippen molar-refractivity contribution in [3.8, 4) is 0 Å². The van der Waals surface area contributed by atoms with Crippen LogP contribution in [0.3, 0.4) is 0 Å². The minimum absolute atomic E-state index is 0.0300. The summed E-state index contributed by atoms with van der Waals surface area (Å²) in [6, 6.07) is 1.32. The van der Waals surface area contributed by atoms with Gasteiger partial charge in [0, 0.05) is 12.6 Å². The summed E-state index contributed by atoms with van der Waals surface area (Å²) in [4.78, 5) is 47.2. The topological polar surface area (TPSA) is 154 Å². The van der Waals surface area contributed by atoms with Crippen LogP contribution >= 0.6 is 11.3 Å². The van der Waals surface area contributed by atoms with Crippen molar-refractivity contribution in [2.75, 3.05) is 11.9 Å². The highest BCUT2D eigenvalue weighted by atomic mass is 32.1. The van der Waals surface area contributed by atoms with Crippen LogP contribution in [-0.4, -0.2) is 45.2 Å². The third-order valence-corrected chi connectivity index (χ3v) is 4.81. The monoisotopic (exact) mass is 394 g/mol. The zero-order valence-corrected chi connectivity index (χ0v) is 15.5. The summed E-state index contributed by atoms with van der Waals surface area (Å²) < 4.78 is 6.15. The highest BCUT2D eigenvalue weighted by molar-refractivity contribution is 7.18. The first kappa shape index (κ1) is 20.1. The first-order valence-corrected chi connectivity index (χ1v) is 8.73. The number of carbonyl (C=O) groups excluding carboxylic acids is 3. The van der Waals surface area contributed by atoms with E-state index < -0.39 is 23.8 Å². The number of amides is 2. The lowest BCUT2D eigenvalue weighted by Gasteiger charge is -2.08. The van der Waals surface area contributed by atoms with Gasteiger partial charge in [-0.2, -0.15) is 5.10 Å². The van der Waals surface area contributed by atoms with E-state index in [9.17, 15) is 19.2 Å². The van der Waals surface area contributed by atoms with E-state index in [1.54, 1.807) is 13.8 Å². The number of primary amides is 1. The van der Waals surface area contributed by atoms with E-state index >= 15 is 0 Å². The van der Waals surface area contributed by atoms with Gasteiger partial charge < -0.3 is 20.9 Å². The lowest BCUT2D eigenvalue weighted by Crippen LogP contribution is -2.18. The van der Waals surface area contributed by atoms with Crippen LogP contribution in [0.2, 0.25) is 0 Å². The van der Waals surface area contributed by atoms with Gasteiger partial charge in [-0.3, -0.25) is 14.3 Å². The number of carbonyl (C=O) groups is 4. The Morgan fingerprint density at radius 2 is 2.07 bits per heavy atom. The molecule has 4 N–H and O–H groups in total. The third-order valence-electron chi connectivity index (χ3n) is 3.59. The molecule has 27 heavy (non-hydrogen) atoms. The third kappa shape index (κ3) is 4.50. The first-order chi connectivity index (χ1) is 12.8. The SMILES string of the molecule is CCOC(=O)c1c(NC(=O)CCn2nccc2C(=O)O)sc(C(N)=O)c1C. The van der Waals surface area contributed by atoms with E-state index in [0.29, 0.717) is 5.56 Å². The molecule has 0 aliphatic heterocycles. The molecule has 0 fully saturated rings. The number of nitrogens with zero attached hydrogens (tertiary/aromatic N) is 2. The molecule has 0 saturated carbocycles. The summed E-state index contributed by atoms with van der Waals surface area (Å²) in [5.74, 6) is -3.03. The van der Waals surface area contributed by atoms with E-state index in [0.717, 1.165) is 11.3 Å². The van der Waals surface area contributed by atoms with Gasteiger partial charge in [0.15, 0.2) is 0 Å². The number of hydrogen-bond acceptors (Lipinski definition) is 7. The maximum Gasteiger partial charge on any atom is 0.354 e. The summed E-state index contributed by atoms with van der Waals surface area (Å²) in [6.45, 7) is 3.34. The van der Waals surface area contributed by atoms with Crippen LogP contribution in [-0.2, 0) is 16.1 Å². The Labute approximate surface area is 157 Å². The summed E-state index contributed by atoms with van der Waals surface area (Å²) in [7, 11) is 0. The second-order valence-electron chi connectivity index (χ2n) is 5.39. The summed E-state index contributed by atoms with van der Waals surface area (Å²) in [6.07, 6.45) is 1.23. The fourth-order valence-electron chi connectivity index (χ4n) is 2.37. The van der Waals surface area contributed by atoms with E-state index in [1.165, 1.54) is 16.9 Å². The molecule has 0 aromatic carbocycles. The number of ether oxygens (including phenoxy) is 1. The Bertz CT molecular complexity index is 901. The molecule has 2 heterocycles. The number of carboxylic acids is 1. The van der Waals surface area contributed by atoms with Crippen LogP contribution in [0, 0.1) is 6.92 Å². The summed E-state index contributed by atoms with van der Waals surface area (Å²) in [5.41, 5.74) is 5.68. The van der Waals surface area contributed by atoms with Gasteiger partial charge in [-0.15, -0.1) is 11.3 Å². The van der Waals surface area contributed by atoms with Crippen LogP contribution in [0.4, 0.5) is 5.00 Å². The van der Waals surface area contributed by atoms with Gasteiger partial charge in [-0.25, -0.2) is 9.59 Å². The number of aromatic nitrogens is 2. The van der Waals surface area contributed by atoms with Crippen molar-refractivity contribution in [2.45, 2.75) is 26.8 Å². The zero-order chi connectivity index (χ0) is 20.1. The number of aromatic carboxylic acids is 1. The van der Waals surface area contributed by atoms with Crippen LogP contribution in [0.5, 0.6) is 0 Å². The predicted molar refractivity (Wildman–Crippen MR) is 96.0 cm³/mol. The molecule has 2 rings (SSSR count). The fourth-order valence-corrected chi connectivity index (χ4v) is 3.44. The Hall–Kier alpha value is -3.21. The highest BCUT2D eigenvalue weighted by Gasteiger charge is 2.25. The lowest BCUT2D eigenvalue weighted by atomic mass is 10.1. The molecule has 0 aliphatic rings. The number of aryl methyl sites for hydroxylation is 1. The van der Waals surface area contributed by atoms with Gasteiger partial charge in [0.1, 0.15) is 10.7 Å². The number of thiophene rings is 1. The van der Waals surface area contributed by atoms with Gasteiger partial charge in [0.2, 0.25) is 5.91 Å². The van der Waals surface area contributed by atoms with Gasteiger partial charge in [-0.1, -0.05) is 0 Å². The van der Waals surface area contributed by atoms with E-state index in [1.807, 2.05) is 0 Å². The Balaban J connectivity index is 2.17. The molecular formula is C16H18N4O6S. The molecule has 2 amide bonds. The van der Waals surface area contributed by atoms with Crippen LogP contribution in [0.25, 0.3) is 0 Å². The fraction of sp³-hybridized carbons (Fsp3) is 0.312. The zero-order valence-electron chi connectivity index (χ0n) is 14.6. The first-order valence-electron chi connectivity index (χ1n) is 7.91. The number of esters is 1. The van der Waals surface area contributed by atoms with E-state index in [-0.39, 0.29) is 40.7 Å². The van der Waals surface area contributed by atoms with Crippen LogP contribution in [0.15, 0.2) is 12.3 Å². The number of rotatable bonds is 8. The van der Waals surface area contributed by atoms with Crippen LogP contribution in [0.1, 0.15) is 49.4 Å². The highest BCUT2D eigenvalue weighted by Crippen LogP contribution is 2.33. The molecule has 144 valence electrons. The number of anilines is 1. The Morgan fingerprint density at radius 3 is 2.67 bits per heavy atom. The van der Waals surface area contributed by atoms with Crippen molar-refractivity contribution in [3.05, 3.63) is 34.0 Å². The molecule has 0 unspecified atom stereocenters. The Morgan fingerprint density at radius 1 is 1.37 bits per heavy atom. The second-order valence-corrected chi connectivity index (χ2v) is 6.41. The number of hydrogen-bond donors (Lipinski definition) is 3. The van der Waals surface area contributed by atoms with Crippen molar-refractivity contribution in [3.63, 3.8) is 0 Å². The molecule has 0 aliphatic carbocycles. The van der Waals surface area contributed by atoms with Crippen molar-refractivity contribution < 1.29 is 29.0 Å². The average Bonchev–Trinajstić information content (AvgIpc) is 3.17. The van der Waals surface area contributed by atoms with Crippen molar-refractivity contribution >= 4 is 40.1 Å². The molecule has 0 bridgehead atoms. The van der Waals surface area contributed by atoms with Gasteiger partial charge in [0.25, 0.3) is 5.91 Å². The number of nitrogens with two attached hydrogens (primary N) is 1. The molecule has 2 aromatic rings. The van der Waals surface area contributed by atoms with Gasteiger partial charge in [-0.05, 0) is 25.5 Å². The Kier molecular flexibility index (Phi) is 6.29. The van der Waals surface area contributed by atoms with Crippen molar-refractivity contribution in [2.24, 2.45) is 5.73 Å². The predicted octanol–water partition coefficient (Wildman–Crippen LogP) is 1.26. The second kappa shape index (κ2) is 8.45. The van der Waals surface area contributed by atoms with Crippen LogP contribution < -0.4 is 11.1 Å². The maximum atomic E-state index is 12.3. The molecule has 2 aromatic heterocycles. The smallest absolute Gasteiger partial charge is 0.354 e. The minimum atomic E-state index is -1.16. The molecular weight excluding hydrogens is 376 g/mol. The largest absolute Gasteiger partial charge is 0.477 e. The summed E-state index contributed by atoms with van der Waals surface area (Å²) in [5, 5.41) is 15.6. The molecule has 11 heteroatoms. The minimum Gasteiger partial charge on any atom is -0.477 e. The number of carboxylic acid groups (broad SMARTS) is 1.